The summed E-state index contributed by atoms with van der Waals surface area (Å²) in [6.07, 6.45) is 2.38. The summed E-state index contributed by atoms with van der Waals surface area (Å²) in [5, 5.41) is 3.60. The second kappa shape index (κ2) is 6.64. The van der Waals surface area contributed by atoms with Crippen LogP contribution in [-0.2, 0) is 4.74 Å². The number of hydrogen-bond acceptors (Lipinski definition) is 3. The maximum Gasteiger partial charge on any atom is 0.150 e. The Kier molecular flexibility index (Phi) is 4.41. The third-order valence-corrected chi connectivity index (χ3v) is 3.70. The molecule has 1 heterocycles. The smallest absolute Gasteiger partial charge is 0.150 e. The van der Waals surface area contributed by atoms with Gasteiger partial charge in [-0.3, -0.25) is 0 Å². The minimum atomic E-state index is 0.318. The zero-order valence-electron chi connectivity index (χ0n) is 12.3. The van der Waals surface area contributed by atoms with Gasteiger partial charge < -0.3 is 14.8 Å². The number of benzene rings is 2. The number of rotatable bonds is 4. The lowest BCUT2D eigenvalue weighted by atomic mass is 10.0. The lowest BCUT2D eigenvalue weighted by Crippen LogP contribution is -2.32. The van der Waals surface area contributed by atoms with Crippen LogP contribution in [0.4, 0.5) is 5.69 Å². The molecular weight excluding hydrogens is 262 g/mol. The first-order valence-electron chi connectivity index (χ1n) is 7.51. The van der Waals surface area contributed by atoms with E-state index in [1.165, 1.54) is 0 Å². The van der Waals surface area contributed by atoms with Crippen molar-refractivity contribution in [2.75, 3.05) is 11.9 Å². The molecule has 0 aliphatic carbocycles. The summed E-state index contributed by atoms with van der Waals surface area (Å²) in [6, 6.07) is 18.4. The predicted octanol–water partition coefficient (Wildman–Crippen LogP) is 4.46. The van der Waals surface area contributed by atoms with Gasteiger partial charge in [0.15, 0.2) is 5.75 Å². The zero-order valence-corrected chi connectivity index (χ0v) is 12.3. The maximum absolute atomic E-state index is 5.98. The van der Waals surface area contributed by atoms with Crippen LogP contribution in [0.15, 0.2) is 54.6 Å². The SMILES string of the molecule is CC1CC(Nc2ccccc2Oc2ccccc2)CCO1. The molecule has 2 aromatic rings. The topological polar surface area (TPSA) is 30.5 Å². The average molecular weight is 283 g/mol. The van der Waals surface area contributed by atoms with Crippen LogP contribution in [0, 0.1) is 0 Å². The van der Waals surface area contributed by atoms with Crippen molar-refractivity contribution in [3.05, 3.63) is 54.6 Å². The monoisotopic (exact) mass is 283 g/mol. The fourth-order valence-electron chi connectivity index (χ4n) is 2.64. The van der Waals surface area contributed by atoms with E-state index < -0.39 is 0 Å². The van der Waals surface area contributed by atoms with E-state index in [-0.39, 0.29) is 0 Å². The van der Waals surface area contributed by atoms with Crippen molar-refractivity contribution in [1.29, 1.82) is 0 Å². The molecule has 1 N–H and O–H groups in total. The van der Waals surface area contributed by atoms with Crippen molar-refractivity contribution >= 4 is 5.69 Å². The van der Waals surface area contributed by atoms with E-state index in [1.807, 2.05) is 48.5 Å². The number of nitrogens with one attached hydrogen (secondary N) is 1. The number of hydrogen-bond donors (Lipinski definition) is 1. The van der Waals surface area contributed by atoms with Crippen LogP contribution in [0.3, 0.4) is 0 Å². The summed E-state index contributed by atoms with van der Waals surface area (Å²) in [6.45, 7) is 2.95. The van der Waals surface area contributed by atoms with E-state index in [4.69, 9.17) is 9.47 Å². The first-order chi connectivity index (χ1) is 10.3. The van der Waals surface area contributed by atoms with Crippen molar-refractivity contribution in [1.82, 2.24) is 0 Å². The minimum Gasteiger partial charge on any atom is -0.455 e. The third kappa shape index (κ3) is 3.76. The summed E-state index contributed by atoms with van der Waals surface area (Å²) in [5.41, 5.74) is 1.04. The number of anilines is 1. The summed E-state index contributed by atoms with van der Waals surface area (Å²) >= 11 is 0. The summed E-state index contributed by atoms with van der Waals surface area (Å²) in [4.78, 5) is 0. The Morgan fingerprint density at radius 1 is 1.05 bits per heavy atom. The molecule has 0 amide bonds. The minimum absolute atomic E-state index is 0.318. The molecule has 3 rings (SSSR count). The second-order valence-electron chi connectivity index (χ2n) is 5.46. The fourth-order valence-corrected chi connectivity index (χ4v) is 2.64. The second-order valence-corrected chi connectivity index (χ2v) is 5.46. The van der Waals surface area contributed by atoms with Gasteiger partial charge >= 0.3 is 0 Å². The molecule has 3 heteroatoms. The molecule has 3 nitrogen and oxygen atoms in total. The van der Waals surface area contributed by atoms with Crippen LogP contribution >= 0.6 is 0 Å². The molecule has 21 heavy (non-hydrogen) atoms. The Hall–Kier alpha value is -2.00. The first kappa shape index (κ1) is 14.0. The lowest BCUT2D eigenvalue weighted by Gasteiger charge is -2.29. The van der Waals surface area contributed by atoms with Crippen molar-refractivity contribution in [3.8, 4) is 11.5 Å². The molecule has 2 aromatic carbocycles. The number of ether oxygens (including phenoxy) is 2. The fraction of sp³-hybridized carbons (Fsp3) is 0.333. The van der Waals surface area contributed by atoms with Gasteiger partial charge in [0.05, 0.1) is 11.8 Å². The molecule has 110 valence electrons. The molecule has 0 radical (unpaired) electrons. The normalized spacial score (nSPS) is 21.8. The molecule has 1 fully saturated rings. The Morgan fingerprint density at radius 3 is 2.62 bits per heavy atom. The molecule has 2 atom stereocenters. The molecule has 0 saturated carbocycles. The van der Waals surface area contributed by atoms with Gasteiger partial charge in [-0.15, -0.1) is 0 Å². The van der Waals surface area contributed by atoms with Gasteiger partial charge in [0.1, 0.15) is 5.75 Å². The van der Waals surface area contributed by atoms with Gasteiger partial charge in [-0.25, -0.2) is 0 Å². The van der Waals surface area contributed by atoms with Gasteiger partial charge in [-0.2, -0.15) is 0 Å². The highest BCUT2D eigenvalue weighted by atomic mass is 16.5. The van der Waals surface area contributed by atoms with E-state index >= 15 is 0 Å². The quantitative estimate of drug-likeness (QED) is 0.898. The van der Waals surface area contributed by atoms with E-state index in [9.17, 15) is 0 Å². The highest BCUT2D eigenvalue weighted by Gasteiger charge is 2.20. The van der Waals surface area contributed by atoms with Crippen molar-refractivity contribution in [2.24, 2.45) is 0 Å². The first-order valence-corrected chi connectivity index (χ1v) is 7.51. The lowest BCUT2D eigenvalue weighted by molar-refractivity contribution is 0.0232. The van der Waals surface area contributed by atoms with Crippen molar-refractivity contribution in [2.45, 2.75) is 31.9 Å². The van der Waals surface area contributed by atoms with Crippen LogP contribution in [0.2, 0.25) is 0 Å². The highest BCUT2D eigenvalue weighted by molar-refractivity contribution is 5.58. The molecule has 2 unspecified atom stereocenters. The van der Waals surface area contributed by atoms with Crippen LogP contribution < -0.4 is 10.1 Å². The summed E-state index contributed by atoms with van der Waals surface area (Å²) < 4.78 is 11.6. The van der Waals surface area contributed by atoms with Gasteiger partial charge in [-0.1, -0.05) is 30.3 Å². The van der Waals surface area contributed by atoms with Crippen LogP contribution in [-0.4, -0.2) is 18.8 Å². The maximum atomic E-state index is 5.98. The summed E-state index contributed by atoms with van der Waals surface area (Å²) in [5.74, 6) is 1.72. The average Bonchev–Trinajstić information content (AvgIpc) is 2.50. The summed E-state index contributed by atoms with van der Waals surface area (Å²) in [7, 11) is 0. The molecular formula is C18H21NO2. The van der Waals surface area contributed by atoms with Crippen LogP contribution in [0.25, 0.3) is 0 Å². The van der Waals surface area contributed by atoms with E-state index in [2.05, 4.69) is 18.3 Å². The Bertz CT molecular complexity index is 570. The van der Waals surface area contributed by atoms with E-state index in [1.54, 1.807) is 0 Å². The largest absolute Gasteiger partial charge is 0.455 e. The number of para-hydroxylation sites is 3. The van der Waals surface area contributed by atoms with Gasteiger partial charge in [0, 0.05) is 12.6 Å². The third-order valence-electron chi connectivity index (χ3n) is 3.70. The zero-order chi connectivity index (χ0) is 14.5. The molecule has 1 aliphatic rings. The van der Waals surface area contributed by atoms with Crippen LogP contribution in [0.1, 0.15) is 19.8 Å². The molecule has 1 saturated heterocycles. The van der Waals surface area contributed by atoms with Crippen molar-refractivity contribution in [3.63, 3.8) is 0 Å². The van der Waals surface area contributed by atoms with Crippen molar-refractivity contribution < 1.29 is 9.47 Å². The Labute approximate surface area is 125 Å². The van der Waals surface area contributed by atoms with E-state index in [0.29, 0.717) is 12.1 Å². The standard InChI is InChI=1S/C18H21NO2/c1-14-13-15(11-12-20-14)19-17-9-5-6-10-18(17)21-16-7-3-2-4-8-16/h2-10,14-15,19H,11-13H2,1H3. The molecule has 0 aromatic heterocycles. The Morgan fingerprint density at radius 2 is 1.81 bits per heavy atom. The molecule has 0 bridgehead atoms. The van der Waals surface area contributed by atoms with Gasteiger partial charge in [0.25, 0.3) is 0 Å². The predicted molar refractivity (Wildman–Crippen MR) is 85.0 cm³/mol. The Balaban J connectivity index is 1.73. The van der Waals surface area contributed by atoms with Crippen LogP contribution in [0.5, 0.6) is 11.5 Å². The van der Waals surface area contributed by atoms with Gasteiger partial charge in [0.2, 0.25) is 0 Å². The van der Waals surface area contributed by atoms with E-state index in [0.717, 1.165) is 36.6 Å². The molecule has 0 spiro atoms. The van der Waals surface area contributed by atoms with Gasteiger partial charge in [-0.05, 0) is 44.0 Å². The molecule has 1 aliphatic heterocycles. The highest BCUT2D eigenvalue weighted by Crippen LogP contribution is 2.31.